The lowest BCUT2D eigenvalue weighted by atomic mass is 10.1. The molecule has 0 aromatic heterocycles. The van der Waals surface area contributed by atoms with Crippen molar-refractivity contribution < 1.29 is 9.47 Å². The summed E-state index contributed by atoms with van der Waals surface area (Å²) < 4.78 is 11.8. The Morgan fingerprint density at radius 1 is 1.04 bits per heavy atom. The first-order chi connectivity index (χ1) is 11.6. The molecule has 0 spiro atoms. The van der Waals surface area contributed by atoms with E-state index in [1.807, 2.05) is 30.3 Å². The van der Waals surface area contributed by atoms with Crippen molar-refractivity contribution in [2.24, 2.45) is 0 Å². The van der Waals surface area contributed by atoms with Crippen LogP contribution in [-0.2, 0) is 4.74 Å². The molecule has 2 aromatic carbocycles. The number of hydrogen-bond acceptors (Lipinski definition) is 3. The topological polar surface area (TPSA) is 21.7 Å². The van der Waals surface area contributed by atoms with Gasteiger partial charge in [-0.15, -0.1) is 0 Å². The summed E-state index contributed by atoms with van der Waals surface area (Å²) >= 11 is 6.25. The monoisotopic (exact) mass is 347 g/mol. The van der Waals surface area contributed by atoms with Gasteiger partial charge < -0.3 is 9.47 Å². The molecule has 0 unspecified atom stereocenters. The Kier molecular flexibility index (Phi) is 5.99. The van der Waals surface area contributed by atoms with E-state index in [1.165, 1.54) is 0 Å². The largest absolute Gasteiger partial charge is 0.493 e. The van der Waals surface area contributed by atoms with Crippen molar-refractivity contribution in [1.82, 2.24) is 4.90 Å². The molecule has 0 radical (unpaired) electrons. The molecule has 0 saturated carbocycles. The number of hydrogen-bond donors (Lipinski definition) is 0. The normalized spacial score (nSPS) is 22.0. The smallest absolute Gasteiger partial charge is 0.127 e. The Morgan fingerprint density at radius 3 is 2.50 bits per heavy atom. The molecule has 1 fully saturated rings. The number of nitrogens with zero attached hydrogens (tertiary/aromatic N) is 1. The van der Waals surface area contributed by atoms with Crippen LogP contribution in [0.5, 0.6) is 5.75 Å². The third-order valence-corrected chi connectivity index (χ3v) is 4.78. The van der Waals surface area contributed by atoms with Crippen LogP contribution in [0.1, 0.15) is 26.7 Å². The van der Waals surface area contributed by atoms with Crippen LogP contribution < -0.4 is 4.74 Å². The highest BCUT2D eigenvalue weighted by molar-refractivity contribution is 6.35. The van der Waals surface area contributed by atoms with Gasteiger partial charge in [-0.05, 0) is 45.4 Å². The van der Waals surface area contributed by atoms with Gasteiger partial charge >= 0.3 is 0 Å². The maximum Gasteiger partial charge on any atom is 0.127 e. The minimum absolute atomic E-state index is 0.338. The van der Waals surface area contributed by atoms with Gasteiger partial charge in [0, 0.05) is 28.9 Å². The van der Waals surface area contributed by atoms with Gasteiger partial charge in [0.25, 0.3) is 0 Å². The van der Waals surface area contributed by atoms with Crippen LogP contribution in [0.15, 0.2) is 36.4 Å². The Hall–Kier alpha value is -1.29. The molecule has 0 N–H and O–H groups in total. The molecule has 1 aliphatic heterocycles. The quantitative estimate of drug-likeness (QED) is 0.703. The standard InChI is InChI=1S/C20H26ClNO2/c1-15-13-22(14-16(2)24-15)11-5-6-12-23-20-10-9-19(21)17-7-3-4-8-18(17)20/h3-4,7-10,15-16H,5-6,11-14H2,1-2H3/t15-,16-/m1/s1. The molecular formula is C20H26ClNO2. The number of halogens is 1. The maximum absolute atomic E-state index is 6.25. The summed E-state index contributed by atoms with van der Waals surface area (Å²) in [6.07, 6.45) is 2.87. The van der Waals surface area contributed by atoms with E-state index in [1.54, 1.807) is 0 Å². The number of ether oxygens (including phenoxy) is 2. The number of benzene rings is 2. The van der Waals surface area contributed by atoms with E-state index in [-0.39, 0.29) is 0 Å². The first-order valence-electron chi connectivity index (χ1n) is 8.81. The average molecular weight is 348 g/mol. The molecular weight excluding hydrogens is 322 g/mol. The van der Waals surface area contributed by atoms with Crippen molar-refractivity contribution in [3.63, 3.8) is 0 Å². The van der Waals surface area contributed by atoms with E-state index in [0.29, 0.717) is 12.2 Å². The van der Waals surface area contributed by atoms with Crippen LogP contribution in [-0.4, -0.2) is 43.3 Å². The predicted molar refractivity (Wildman–Crippen MR) is 100 cm³/mol. The predicted octanol–water partition coefficient (Wildman–Crippen LogP) is 4.76. The van der Waals surface area contributed by atoms with Gasteiger partial charge in [0.15, 0.2) is 0 Å². The van der Waals surface area contributed by atoms with Crippen molar-refractivity contribution in [3.8, 4) is 5.75 Å². The maximum atomic E-state index is 6.25. The molecule has 1 heterocycles. The molecule has 2 aromatic rings. The van der Waals surface area contributed by atoms with E-state index in [0.717, 1.165) is 60.6 Å². The van der Waals surface area contributed by atoms with Crippen LogP contribution in [0, 0.1) is 0 Å². The van der Waals surface area contributed by atoms with Gasteiger partial charge in [-0.1, -0.05) is 35.9 Å². The zero-order chi connectivity index (χ0) is 16.9. The number of rotatable bonds is 6. The highest BCUT2D eigenvalue weighted by Gasteiger charge is 2.21. The second-order valence-electron chi connectivity index (χ2n) is 6.66. The van der Waals surface area contributed by atoms with Gasteiger partial charge in [0.05, 0.1) is 18.8 Å². The fourth-order valence-electron chi connectivity index (χ4n) is 3.45. The summed E-state index contributed by atoms with van der Waals surface area (Å²) in [6.45, 7) is 8.22. The van der Waals surface area contributed by atoms with E-state index in [2.05, 4.69) is 24.8 Å². The number of morpholine rings is 1. The van der Waals surface area contributed by atoms with Crippen LogP contribution in [0.4, 0.5) is 0 Å². The SMILES string of the molecule is C[C@@H]1CN(CCCCOc2ccc(Cl)c3ccccc23)C[C@@H](C)O1. The summed E-state index contributed by atoms with van der Waals surface area (Å²) in [7, 11) is 0. The average Bonchev–Trinajstić information content (AvgIpc) is 2.56. The second-order valence-corrected chi connectivity index (χ2v) is 7.07. The van der Waals surface area contributed by atoms with Crippen molar-refractivity contribution in [3.05, 3.63) is 41.4 Å². The van der Waals surface area contributed by atoms with Crippen molar-refractivity contribution in [2.45, 2.75) is 38.9 Å². The highest BCUT2D eigenvalue weighted by atomic mass is 35.5. The lowest BCUT2D eigenvalue weighted by molar-refractivity contribution is -0.0682. The zero-order valence-electron chi connectivity index (χ0n) is 14.5. The minimum atomic E-state index is 0.338. The molecule has 0 bridgehead atoms. The van der Waals surface area contributed by atoms with Crippen LogP contribution in [0.2, 0.25) is 5.02 Å². The second kappa shape index (κ2) is 8.19. The zero-order valence-corrected chi connectivity index (χ0v) is 15.3. The molecule has 4 heteroatoms. The van der Waals surface area contributed by atoms with Crippen LogP contribution in [0.3, 0.4) is 0 Å². The van der Waals surface area contributed by atoms with E-state index < -0.39 is 0 Å². The minimum Gasteiger partial charge on any atom is -0.493 e. The molecule has 0 amide bonds. The third kappa shape index (κ3) is 4.41. The first-order valence-corrected chi connectivity index (χ1v) is 9.19. The highest BCUT2D eigenvalue weighted by Crippen LogP contribution is 2.31. The molecule has 3 nitrogen and oxygen atoms in total. The fourth-order valence-corrected chi connectivity index (χ4v) is 3.67. The number of fused-ring (bicyclic) bond motifs is 1. The van der Waals surface area contributed by atoms with Crippen molar-refractivity contribution in [2.75, 3.05) is 26.2 Å². The van der Waals surface area contributed by atoms with E-state index in [9.17, 15) is 0 Å². The number of unbranched alkanes of at least 4 members (excludes halogenated alkanes) is 1. The van der Waals surface area contributed by atoms with Crippen molar-refractivity contribution >= 4 is 22.4 Å². The fraction of sp³-hybridized carbons (Fsp3) is 0.500. The summed E-state index contributed by atoms with van der Waals surface area (Å²) in [5.74, 6) is 0.920. The first kappa shape index (κ1) is 17.5. The Bertz CT molecular complexity index is 666. The molecule has 130 valence electrons. The van der Waals surface area contributed by atoms with E-state index in [4.69, 9.17) is 21.1 Å². The lowest BCUT2D eigenvalue weighted by Gasteiger charge is -2.35. The van der Waals surface area contributed by atoms with Crippen LogP contribution >= 0.6 is 11.6 Å². The van der Waals surface area contributed by atoms with Crippen molar-refractivity contribution in [1.29, 1.82) is 0 Å². The summed E-state index contributed by atoms with van der Waals surface area (Å²) in [5, 5.41) is 2.90. The Morgan fingerprint density at radius 2 is 1.75 bits per heavy atom. The van der Waals surface area contributed by atoms with Crippen LogP contribution in [0.25, 0.3) is 10.8 Å². The van der Waals surface area contributed by atoms with Gasteiger partial charge in [-0.25, -0.2) is 0 Å². The van der Waals surface area contributed by atoms with Gasteiger partial charge in [-0.3, -0.25) is 4.90 Å². The lowest BCUT2D eigenvalue weighted by Crippen LogP contribution is -2.45. The molecule has 24 heavy (non-hydrogen) atoms. The third-order valence-electron chi connectivity index (χ3n) is 4.45. The van der Waals surface area contributed by atoms with Gasteiger partial charge in [-0.2, -0.15) is 0 Å². The molecule has 0 aliphatic carbocycles. The van der Waals surface area contributed by atoms with E-state index >= 15 is 0 Å². The molecule has 1 aliphatic rings. The molecule has 1 saturated heterocycles. The molecule has 2 atom stereocenters. The summed E-state index contributed by atoms with van der Waals surface area (Å²) in [6, 6.07) is 12.0. The Labute approximate surface area is 149 Å². The Balaban J connectivity index is 1.46. The summed E-state index contributed by atoms with van der Waals surface area (Å²) in [5.41, 5.74) is 0. The van der Waals surface area contributed by atoms with Gasteiger partial charge in [0.2, 0.25) is 0 Å². The molecule has 3 rings (SSSR count). The summed E-state index contributed by atoms with van der Waals surface area (Å²) in [4.78, 5) is 2.50. The van der Waals surface area contributed by atoms with Gasteiger partial charge in [0.1, 0.15) is 5.75 Å².